The number of carbonyl (C=O) groups is 1. The minimum atomic E-state index is -0.120. The van der Waals surface area contributed by atoms with E-state index in [4.69, 9.17) is 5.73 Å². The van der Waals surface area contributed by atoms with E-state index < -0.39 is 0 Å². The number of rotatable bonds is 3. The van der Waals surface area contributed by atoms with Crippen molar-refractivity contribution in [2.45, 2.75) is 46.6 Å². The molecule has 1 fully saturated rings. The molecule has 0 aromatic heterocycles. The number of piperidine rings is 1. The quantitative estimate of drug-likeness (QED) is 0.841. The summed E-state index contributed by atoms with van der Waals surface area (Å²) in [5, 5.41) is 3.01. The summed E-state index contributed by atoms with van der Waals surface area (Å²) in [6.07, 6.45) is 2.38. The van der Waals surface area contributed by atoms with Crippen molar-refractivity contribution < 1.29 is 4.79 Å². The van der Waals surface area contributed by atoms with Crippen molar-refractivity contribution in [3.8, 4) is 0 Å². The largest absolute Gasteiger partial charge is 0.399 e. The first-order chi connectivity index (χ1) is 9.78. The highest BCUT2D eigenvalue weighted by Crippen LogP contribution is 2.29. The summed E-state index contributed by atoms with van der Waals surface area (Å²) in [6.45, 7) is 10.5. The Morgan fingerprint density at radius 3 is 2.81 bits per heavy atom. The van der Waals surface area contributed by atoms with E-state index in [1.165, 1.54) is 6.42 Å². The highest BCUT2D eigenvalue weighted by molar-refractivity contribution is 5.95. The fraction of sp³-hybridized carbons (Fsp3) is 0.588. The highest BCUT2D eigenvalue weighted by atomic mass is 16.2. The fourth-order valence-electron chi connectivity index (χ4n) is 2.98. The third kappa shape index (κ3) is 3.97. The topological polar surface area (TPSA) is 58.4 Å². The smallest absolute Gasteiger partial charge is 0.241 e. The van der Waals surface area contributed by atoms with Gasteiger partial charge in [0.05, 0.1) is 6.04 Å². The molecule has 0 radical (unpaired) electrons. The summed E-state index contributed by atoms with van der Waals surface area (Å²) in [7, 11) is 0. The summed E-state index contributed by atoms with van der Waals surface area (Å²) in [5.74, 6) is 0.0430. The molecule has 4 heteroatoms. The zero-order valence-corrected chi connectivity index (χ0v) is 13.6. The number of hydrogen-bond acceptors (Lipinski definition) is 3. The predicted octanol–water partition coefficient (Wildman–Crippen LogP) is 3.03. The number of nitrogens with two attached hydrogens (primary N) is 1. The van der Waals surface area contributed by atoms with Gasteiger partial charge in [0.25, 0.3) is 0 Å². The van der Waals surface area contributed by atoms with Crippen molar-refractivity contribution in [1.29, 1.82) is 0 Å². The maximum absolute atomic E-state index is 12.5. The van der Waals surface area contributed by atoms with Gasteiger partial charge in [-0.15, -0.1) is 0 Å². The Kier molecular flexibility index (Phi) is 4.57. The second kappa shape index (κ2) is 6.06. The molecule has 21 heavy (non-hydrogen) atoms. The summed E-state index contributed by atoms with van der Waals surface area (Å²) >= 11 is 0. The van der Waals surface area contributed by atoms with Crippen LogP contribution in [0.4, 0.5) is 11.4 Å². The summed E-state index contributed by atoms with van der Waals surface area (Å²) in [6, 6.07) is 5.48. The first kappa shape index (κ1) is 15.8. The van der Waals surface area contributed by atoms with Gasteiger partial charge in [0.1, 0.15) is 0 Å². The Bertz CT molecular complexity index is 525. The van der Waals surface area contributed by atoms with Crippen LogP contribution in [0, 0.1) is 12.3 Å². The van der Waals surface area contributed by atoms with E-state index in [2.05, 4.69) is 24.1 Å². The fourth-order valence-corrected chi connectivity index (χ4v) is 2.98. The van der Waals surface area contributed by atoms with Crippen LogP contribution in [0.3, 0.4) is 0 Å². The molecule has 0 aliphatic carbocycles. The predicted molar refractivity (Wildman–Crippen MR) is 88.3 cm³/mol. The molecule has 1 aromatic carbocycles. The number of amides is 1. The molecule has 1 aromatic rings. The second-order valence-corrected chi connectivity index (χ2v) is 6.98. The van der Waals surface area contributed by atoms with Gasteiger partial charge in [-0.05, 0) is 56.3 Å². The first-order valence-corrected chi connectivity index (χ1v) is 7.69. The van der Waals surface area contributed by atoms with Crippen LogP contribution >= 0.6 is 0 Å². The van der Waals surface area contributed by atoms with Crippen LogP contribution in [-0.2, 0) is 4.79 Å². The van der Waals surface area contributed by atoms with E-state index in [1.54, 1.807) is 0 Å². The zero-order valence-electron chi connectivity index (χ0n) is 13.6. The van der Waals surface area contributed by atoms with Gasteiger partial charge in [-0.1, -0.05) is 19.9 Å². The van der Waals surface area contributed by atoms with Gasteiger partial charge in [0.15, 0.2) is 0 Å². The molecule has 1 saturated heterocycles. The number of benzene rings is 1. The maximum Gasteiger partial charge on any atom is 0.241 e. The van der Waals surface area contributed by atoms with Gasteiger partial charge < -0.3 is 11.1 Å². The SMILES string of the molecule is Cc1ccc(N)cc1NC(=O)C(C)N1CCCC(C)(C)C1. The standard InChI is InChI=1S/C17H27N3O/c1-12-6-7-14(18)10-15(12)19-16(21)13(2)20-9-5-8-17(3,4)11-20/h6-7,10,13H,5,8-9,11,18H2,1-4H3,(H,19,21). The van der Waals surface area contributed by atoms with E-state index in [0.717, 1.165) is 30.8 Å². The van der Waals surface area contributed by atoms with Crippen molar-refractivity contribution in [2.75, 3.05) is 24.1 Å². The van der Waals surface area contributed by atoms with Gasteiger partial charge in [0, 0.05) is 17.9 Å². The Hall–Kier alpha value is -1.55. The lowest BCUT2D eigenvalue weighted by Gasteiger charge is -2.40. The average molecular weight is 289 g/mol. The Morgan fingerprint density at radius 1 is 1.43 bits per heavy atom. The van der Waals surface area contributed by atoms with E-state index in [0.29, 0.717) is 11.1 Å². The Balaban J connectivity index is 2.04. The molecule has 3 N–H and O–H groups in total. The summed E-state index contributed by atoms with van der Waals surface area (Å²) in [4.78, 5) is 14.8. The molecular formula is C17H27N3O. The number of nitrogen functional groups attached to an aromatic ring is 1. The van der Waals surface area contributed by atoms with Crippen molar-refractivity contribution in [3.05, 3.63) is 23.8 Å². The lowest BCUT2D eigenvalue weighted by Crippen LogP contribution is -2.49. The average Bonchev–Trinajstić information content (AvgIpc) is 2.41. The van der Waals surface area contributed by atoms with Gasteiger partial charge in [-0.3, -0.25) is 9.69 Å². The summed E-state index contributed by atoms with van der Waals surface area (Å²) < 4.78 is 0. The number of hydrogen-bond donors (Lipinski definition) is 2. The molecule has 1 amide bonds. The van der Waals surface area contributed by atoms with Crippen LogP contribution in [-0.4, -0.2) is 29.9 Å². The first-order valence-electron chi connectivity index (χ1n) is 7.69. The van der Waals surface area contributed by atoms with Crippen LogP contribution < -0.4 is 11.1 Å². The van der Waals surface area contributed by atoms with Gasteiger partial charge in [0.2, 0.25) is 5.91 Å². The lowest BCUT2D eigenvalue weighted by atomic mass is 9.83. The number of anilines is 2. The van der Waals surface area contributed by atoms with E-state index in [1.807, 2.05) is 32.0 Å². The van der Waals surface area contributed by atoms with E-state index >= 15 is 0 Å². The highest BCUT2D eigenvalue weighted by Gasteiger charge is 2.31. The van der Waals surface area contributed by atoms with Gasteiger partial charge in [-0.25, -0.2) is 0 Å². The number of likely N-dealkylation sites (tertiary alicyclic amines) is 1. The van der Waals surface area contributed by atoms with Gasteiger partial charge in [-0.2, -0.15) is 0 Å². The molecule has 1 unspecified atom stereocenters. The van der Waals surface area contributed by atoms with Crippen LogP contribution in [0.1, 0.15) is 39.2 Å². The Morgan fingerprint density at radius 2 is 2.14 bits per heavy atom. The molecule has 116 valence electrons. The molecule has 2 rings (SSSR count). The van der Waals surface area contributed by atoms with Crippen LogP contribution in [0.15, 0.2) is 18.2 Å². The molecule has 1 heterocycles. The van der Waals surface area contributed by atoms with Gasteiger partial charge >= 0.3 is 0 Å². The second-order valence-electron chi connectivity index (χ2n) is 6.98. The Labute approximate surface area is 127 Å². The molecule has 1 aliphatic heterocycles. The van der Waals surface area contributed by atoms with Crippen LogP contribution in [0.2, 0.25) is 0 Å². The molecule has 1 atom stereocenters. The molecule has 4 nitrogen and oxygen atoms in total. The van der Waals surface area contributed by atoms with E-state index in [9.17, 15) is 4.79 Å². The lowest BCUT2D eigenvalue weighted by molar-refractivity contribution is -0.121. The number of nitrogens with one attached hydrogen (secondary N) is 1. The maximum atomic E-state index is 12.5. The molecule has 0 spiro atoms. The number of aryl methyl sites for hydroxylation is 1. The minimum absolute atomic E-state index is 0.0430. The summed E-state index contributed by atoms with van der Waals surface area (Å²) in [5.41, 5.74) is 8.60. The third-order valence-corrected chi connectivity index (χ3v) is 4.38. The van der Waals surface area contributed by atoms with Crippen LogP contribution in [0.25, 0.3) is 0 Å². The van der Waals surface area contributed by atoms with E-state index in [-0.39, 0.29) is 11.9 Å². The molecular weight excluding hydrogens is 262 g/mol. The van der Waals surface area contributed by atoms with Crippen molar-refractivity contribution >= 4 is 17.3 Å². The minimum Gasteiger partial charge on any atom is -0.399 e. The molecule has 0 bridgehead atoms. The normalized spacial score (nSPS) is 20.0. The monoisotopic (exact) mass is 289 g/mol. The molecule has 1 aliphatic rings. The number of nitrogens with zero attached hydrogens (tertiary/aromatic N) is 1. The third-order valence-electron chi connectivity index (χ3n) is 4.38. The molecule has 0 saturated carbocycles. The van der Waals surface area contributed by atoms with Crippen LogP contribution in [0.5, 0.6) is 0 Å². The van der Waals surface area contributed by atoms with Crippen molar-refractivity contribution in [2.24, 2.45) is 5.41 Å². The van der Waals surface area contributed by atoms with Crippen molar-refractivity contribution in [1.82, 2.24) is 4.90 Å². The number of carbonyl (C=O) groups excluding carboxylic acids is 1. The van der Waals surface area contributed by atoms with Crippen molar-refractivity contribution in [3.63, 3.8) is 0 Å². The zero-order chi connectivity index (χ0) is 15.6.